The summed E-state index contributed by atoms with van der Waals surface area (Å²) in [5, 5.41) is 0. The lowest BCUT2D eigenvalue weighted by Crippen LogP contribution is -2.37. The Morgan fingerprint density at radius 2 is 0.842 bits per heavy atom. The molecule has 2 nitrogen and oxygen atoms in total. The first-order valence-electron chi connectivity index (χ1n) is 26.4. The standard InChI is InChI=1S/C72H60F2N2/c1-43-9-13-53(37-47(43)5)55-21-35-69(65(41-55)57-15-11-45(3)49(7)39-57)75(61-27-23-59(73)24-28-61)67-33-19-51-18-32-64-68(34-20-52-17-31-63(67)71(51)72(52)64)76(62-29-25-60(74)26-30-62)70-36-22-56(54-14-10-44(2)48(6)38-54)42-66(70)58-16-12-46(4)50(8)40-58/h9-42,67,72H,1-8H3. The molecule has 4 aliphatic carbocycles. The lowest BCUT2D eigenvalue weighted by Gasteiger charge is -2.44. The van der Waals surface area contributed by atoms with Crippen molar-refractivity contribution in [3.8, 4) is 44.5 Å². The molecule has 372 valence electrons. The topological polar surface area (TPSA) is 6.48 Å². The summed E-state index contributed by atoms with van der Waals surface area (Å²) in [5.41, 5.74) is 29.6. The van der Waals surface area contributed by atoms with E-state index in [1.54, 1.807) is 24.3 Å². The molecule has 0 spiro atoms. The largest absolute Gasteiger partial charge is 0.330 e. The molecule has 12 rings (SSSR count). The van der Waals surface area contributed by atoms with Gasteiger partial charge >= 0.3 is 0 Å². The maximum atomic E-state index is 15.0. The third-order valence-electron chi connectivity index (χ3n) is 16.5. The number of anilines is 4. The minimum atomic E-state index is -0.286. The molecule has 0 amide bonds. The lowest BCUT2D eigenvalue weighted by molar-refractivity contribution is 0.627. The Balaban J connectivity index is 1.02. The second-order valence-corrected chi connectivity index (χ2v) is 21.2. The molecule has 0 saturated carbocycles. The van der Waals surface area contributed by atoms with Crippen LogP contribution in [0, 0.1) is 72.9 Å². The molecule has 0 saturated heterocycles. The van der Waals surface area contributed by atoms with Crippen molar-refractivity contribution < 1.29 is 8.78 Å². The van der Waals surface area contributed by atoms with Crippen LogP contribution in [0.1, 0.15) is 44.5 Å². The van der Waals surface area contributed by atoms with Gasteiger partial charge < -0.3 is 9.80 Å². The van der Waals surface area contributed by atoms with Gasteiger partial charge in [-0.05, 0) is 240 Å². The van der Waals surface area contributed by atoms with Crippen LogP contribution >= 0.6 is 0 Å². The van der Waals surface area contributed by atoms with Crippen LogP contribution in [0.2, 0.25) is 0 Å². The van der Waals surface area contributed by atoms with Gasteiger partial charge in [-0.15, -0.1) is 0 Å². The number of nitrogens with zero attached hydrogens (tertiary/aromatic N) is 2. The van der Waals surface area contributed by atoms with Crippen molar-refractivity contribution in [2.75, 3.05) is 9.80 Å². The first kappa shape index (κ1) is 48.3. The Morgan fingerprint density at radius 3 is 1.38 bits per heavy atom. The number of rotatable bonds is 10. The Labute approximate surface area is 447 Å². The van der Waals surface area contributed by atoms with Crippen molar-refractivity contribution in [3.05, 3.63) is 296 Å². The molecule has 0 radical (unpaired) electrons. The molecule has 8 aromatic carbocycles. The fraction of sp³-hybridized carbons (Fsp3) is 0.139. The molecule has 2 unspecified atom stereocenters. The van der Waals surface area contributed by atoms with E-state index in [4.69, 9.17) is 0 Å². The van der Waals surface area contributed by atoms with Gasteiger partial charge in [0.1, 0.15) is 11.6 Å². The van der Waals surface area contributed by atoms with Gasteiger partial charge in [0.25, 0.3) is 0 Å². The fourth-order valence-corrected chi connectivity index (χ4v) is 11.5. The van der Waals surface area contributed by atoms with E-state index in [2.05, 4.69) is 223 Å². The summed E-state index contributed by atoms with van der Waals surface area (Å²) < 4.78 is 30.0. The molecule has 0 aliphatic heterocycles. The highest BCUT2D eigenvalue weighted by atomic mass is 19.1. The summed E-state index contributed by atoms with van der Waals surface area (Å²) in [7, 11) is 0. The van der Waals surface area contributed by atoms with E-state index in [0.717, 1.165) is 84.1 Å². The normalized spacial score (nSPS) is 16.2. The van der Waals surface area contributed by atoms with Gasteiger partial charge in [-0.25, -0.2) is 8.78 Å². The monoisotopic (exact) mass is 990 g/mol. The predicted molar refractivity (Wildman–Crippen MR) is 315 cm³/mol. The van der Waals surface area contributed by atoms with Crippen LogP contribution in [0.15, 0.2) is 240 Å². The maximum absolute atomic E-state index is 15.0. The van der Waals surface area contributed by atoms with Crippen LogP contribution in [0.3, 0.4) is 0 Å². The smallest absolute Gasteiger partial charge is 0.123 e. The highest BCUT2D eigenvalue weighted by Crippen LogP contribution is 2.53. The summed E-state index contributed by atoms with van der Waals surface area (Å²) in [6, 6.07) is 54.0. The van der Waals surface area contributed by atoms with Gasteiger partial charge in [0, 0.05) is 34.1 Å². The number of benzene rings is 8. The number of aryl methyl sites for hydroxylation is 8. The molecule has 0 N–H and O–H groups in total. The van der Waals surface area contributed by atoms with Gasteiger partial charge in [0.05, 0.1) is 17.4 Å². The van der Waals surface area contributed by atoms with Crippen LogP contribution in [0.5, 0.6) is 0 Å². The van der Waals surface area contributed by atoms with E-state index in [1.807, 2.05) is 24.3 Å². The van der Waals surface area contributed by atoms with Crippen molar-refractivity contribution in [3.63, 3.8) is 0 Å². The SMILES string of the molecule is Cc1ccc(-c2ccc(N(C3=C4C=CC5=C6C(=CC=C(C=C3)C46)C(N(c3ccc(F)cc3)c3ccc(-c4ccc(C)c(C)c4)cc3-c3ccc(C)c(C)c3)C=C5)c3ccc(F)cc3)c(-c3ccc(C)c(C)c3)c2)cc1C. The van der Waals surface area contributed by atoms with Crippen molar-refractivity contribution in [1.82, 2.24) is 0 Å². The summed E-state index contributed by atoms with van der Waals surface area (Å²) in [5.74, 6) is -0.667. The fourth-order valence-electron chi connectivity index (χ4n) is 11.5. The average molecular weight is 991 g/mol. The first-order chi connectivity index (χ1) is 36.8. The van der Waals surface area contributed by atoms with E-state index in [9.17, 15) is 0 Å². The Kier molecular flexibility index (Phi) is 12.3. The molecule has 2 atom stereocenters. The number of allylic oxidation sites excluding steroid dienone is 10. The molecule has 8 aromatic rings. The van der Waals surface area contributed by atoms with Crippen molar-refractivity contribution in [2.45, 2.75) is 61.4 Å². The highest BCUT2D eigenvalue weighted by molar-refractivity contribution is 5.91. The minimum Gasteiger partial charge on any atom is -0.330 e. The molecular weight excluding hydrogens is 931 g/mol. The molecular formula is C72H60F2N2. The van der Waals surface area contributed by atoms with E-state index in [0.29, 0.717) is 0 Å². The summed E-state index contributed by atoms with van der Waals surface area (Å²) in [6.07, 6.45) is 18.2. The Bertz CT molecular complexity index is 3930. The molecule has 0 fully saturated rings. The maximum Gasteiger partial charge on any atom is 0.123 e. The number of halogens is 2. The molecule has 0 heterocycles. The second kappa shape index (κ2) is 19.3. The molecule has 76 heavy (non-hydrogen) atoms. The summed E-state index contributed by atoms with van der Waals surface area (Å²) in [6.45, 7) is 17.3. The van der Waals surface area contributed by atoms with Gasteiger partial charge in [0.15, 0.2) is 0 Å². The van der Waals surface area contributed by atoms with E-state index in [-0.39, 0.29) is 23.6 Å². The highest BCUT2D eigenvalue weighted by Gasteiger charge is 2.40. The average Bonchev–Trinajstić information content (AvgIpc) is 3.56. The van der Waals surface area contributed by atoms with Gasteiger partial charge in [-0.1, -0.05) is 127 Å². The Morgan fingerprint density at radius 1 is 0.382 bits per heavy atom. The van der Waals surface area contributed by atoms with Crippen LogP contribution < -0.4 is 9.80 Å². The third-order valence-corrected chi connectivity index (χ3v) is 16.5. The van der Waals surface area contributed by atoms with Crippen LogP contribution in [-0.4, -0.2) is 6.04 Å². The lowest BCUT2D eigenvalue weighted by atomic mass is 9.67. The van der Waals surface area contributed by atoms with E-state index >= 15 is 8.78 Å². The van der Waals surface area contributed by atoms with Crippen LogP contribution in [0.25, 0.3) is 44.5 Å². The van der Waals surface area contributed by atoms with Crippen LogP contribution in [-0.2, 0) is 0 Å². The zero-order valence-electron chi connectivity index (χ0n) is 44.4. The van der Waals surface area contributed by atoms with Gasteiger partial charge in [0.2, 0.25) is 0 Å². The van der Waals surface area contributed by atoms with E-state index in [1.165, 1.54) is 61.2 Å². The number of hydrogen-bond acceptors (Lipinski definition) is 2. The molecule has 0 bridgehead atoms. The quantitative estimate of drug-likeness (QED) is 0.135. The van der Waals surface area contributed by atoms with Gasteiger partial charge in [-0.2, -0.15) is 0 Å². The molecule has 4 aliphatic rings. The van der Waals surface area contributed by atoms with Gasteiger partial charge in [-0.3, -0.25) is 0 Å². The van der Waals surface area contributed by atoms with Crippen molar-refractivity contribution >= 4 is 22.7 Å². The van der Waals surface area contributed by atoms with E-state index < -0.39 is 0 Å². The zero-order valence-corrected chi connectivity index (χ0v) is 44.4. The molecule has 4 heteroatoms. The zero-order chi connectivity index (χ0) is 52.5. The minimum absolute atomic E-state index is 0.100. The summed E-state index contributed by atoms with van der Waals surface area (Å²) in [4.78, 5) is 4.73. The second-order valence-electron chi connectivity index (χ2n) is 21.2. The first-order valence-corrected chi connectivity index (χ1v) is 26.4. The molecule has 0 aromatic heterocycles. The predicted octanol–water partition coefficient (Wildman–Crippen LogP) is 19.2. The Hall–Kier alpha value is -8.60. The third kappa shape index (κ3) is 8.62. The van der Waals surface area contributed by atoms with Crippen LogP contribution in [0.4, 0.5) is 31.5 Å². The van der Waals surface area contributed by atoms with Crippen molar-refractivity contribution in [1.29, 1.82) is 0 Å². The van der Waals surface area contributed by atoms with Crippen molar-refractivity contribution in [2.24, 2.45) is 5.92 Å². The summed E-state index contributed by atoms with van der Waals surface area (Å²) >= 11 is 0. The number of hydrogen-bond donors (Lipinski definition) is 0.